The highest BCUT2D eigenvalue weighted by Crippen LogP contribution is 2.39. The molecule has 9 heteroatoms. The van der Waals surface area contributed by atoms with Crippen LogP contribution in [0.2, 0.25) is 0 Å². The van der Waals surface area contributed by atoms with E-state index < -0.39 is 11.6 Å². The molecule has 1 aliphatic rings. The van der Waals surface area contributed by atoms with Crippen LogP contribution in [-0.4, -0.2) is 28.7 Å². The normalized spacial score (nSPS) is 14.5. The van der Waals surface area contributed by atoms with Gasteiger partial charge in [0.25, 0.3) is 0 Å². The molecular formula is C18H17F2N5O2. The number of anilines is 1. The fraction of sp³-hybridized carbons (Fsp3) is 0.222. The molecule has 27 heavy (non-hydrogen) atoms. The van der Waals surface area contributed by atoms with Gasteiger partial charge < -0.3 is 20.2 Å². The Labute approximate surface area is 154 Å². The second kappa shape index (κ2) is 7.10. The average Bonchev–Trinajstić information content (AvgIpc) is 2.96. The number of rotatable bonds is 5. The Morgan fingerprint density at radius 3 is 2.48 bits per heavy atom. The molecule has 0 bridgehead atoms. The van der Waals surface area contributed by atoms with E-state index in [1.54, 1.807) is 13.8 Å². The Balaban J connectivity index is 1.93. The van der Waals surface area contributed by atoms with Crippen LogP contribution >= 0.6 is 0 Å². The maximum Gasteiger partial charge on any atom is 0.222 e. The van der Waals surface area contributed by atoms with E-state index in [0.717, 1.165) is 12.1 Å². The highest BCUT2D eigenvalue weighted by atomic mass is 19.1. The van der Waals surface area contributed by atoms with E-state index in [1.807, 2.05) is 0 Å². The fourth-order valence-electron chi connectivity index (χ4n) is 2.61. The third kappa shape index (κ3) is 3.35. The van der Waals surface area contributed by atoms with Gasteiger partial charge >= 0.3 is 0 Å². The van der Waals surface area contributed by atoms with E-state index >= 15 is 0 Å². The number of allylic oxidation sites excluding steroid dienone is 1. The SMILES string of the molecule is COc1cc(F)c(CNc2ncnc3c2OC(=N)/C3=C(/C)C(C)=N)c(F)c1. The van der Waals surface area contributed by atoms with Crippen molar-refractivity contribution < 1.29 is 18.3 Å². The summed E-state index contributed by atoms with van der Waals surface area (Å²) in [6, 6.07) is 2.18. The summed E-state index contributed by atoms with van der Waals surface area (Å²) in [6.07, 6.45) is 1.26. The van der Waals surface area contributed by atoms with Gasteiger partial charge in [0, 0.05) is 30.0 Å². The number of hydrogen-bond acceptors (Lipinski definition) is 7. The Kier molecular flexibility index (Phi) is 4.85. The molecule has 0 saturated carbocycles. The van der Waals surface area contributed by atoms with Gasteiger partial charge in [-0.1, -0.05) is 0 Å². The maximum atomic E-state index is 14.1. The van der Waals surface area contributed by atoms with Crippen molar-refractivity contribution in [3.63, 3.8) is 0 Å². The van der Waals surface area contributed by atoms with E-state index in [-0.39, 0.29) is 41.0 Å². The first-order valence-corrected chi connectivity index (χ1v) is 7.97. The number of methoxy groups -OCH3 is 1. The zero-order valence-corrected chi connectivity index (χ0v) is 14.9. The lowest BCUT2D eigenvalue weighted by atomic mass is 10.0. The van der Waals surface area contributed by atoms with E-state index in [0.29, 0.717) is 16.8 Å². The maximum absolute atomic E-state index is 14.1. The van der Waals surface area contributed by atoms with Crippen LogP contribution in [0.4, 0.5) is 14.6 Å². The van der Waals surface area contributed by atoms with Crippen molar-refractivity contribution in [1.29, 1.82) is 10.8 Å². The first-order valence-electron chi connectivity index (χ1n) is 7.97. The van der Waals surface area contributed by atoms with Crippen LogP contribution in [-0.2, 0) is 6.54 Å². The number of halogens is 2. The summed E-state index contributed by atoms with van der Waals surface area (Å²) < 4.78 is 38.5. The van der Waals surface area contributed by atoms with E-state index in [4.69, 9.17) is 20.3 Å². The van der Waals surface area contributed by atoms with Crippen molar-refractivity contribution in [2.75, 3.05) is 12.4 Å². The van der Waals surface area contributed by atoms with Crippen molar-refractivity contribution in [1.82, 2.24) is 9.97 Å². The number of nitrogens with one attached hydrogen (secondary N) is 3. The molecule has 0 fully saturated rings. The van der Waals surface area contributed by atoms with Crippen LogP contribution in [0.5, 0.6) is 11.5 Å². The number of hydrogen-bond donors (Lipinski definition) is 3. The molecule has 0 saturated heterocycles. The van der Waals surface area contributed by atoms with Crippen LogP contribution in [0, 0.1) is 22.5 Å². The second-order valence-corrected chi connectivity index (χ2v) is 5.88. The summed E-state index contributed by atoms with van der Waals surface area (Å²) in [5, 5.41) is 18.6. The van der Waals surface area contributed by atoms with Gasteiger partial charge in [-0.05, 0) is 19.4 Å². The molecule has 0 atom stereocenters. The van der Waals surface area contributed by atoms with Gasteiger partial charge in [0.15, 0.2) is 11.6 Å². The van der Waals surface area contributed by atoms with Crippen LogP contribution < -0.4 is 14.8 Å². The number of benzene rings is 1. The van der Waals surface area contributed by atoms with Gasteiger partial charge in [-0.25, -0.2) is 18.7 Å². The largest absolute Gasteiger partial charge is 0.497 e. The first kappa shape index (κ1) is 18.4. The van der Waals surface area contributed by atoms with Crippen molar-refractivity contribution in [3.8, 4) is 11.5 Å². The molecule has 1 aromatic carbocycles. The third-order valence-corrected chi connectivity index (χ3v) is 4.19. The zero-order chi connectivity index (χ0) is 19.7. The van der Waals surface area contributed by atoms with Gasteiger partial charge in [-0.15, -0.1) is 0 Å². The minimum absolute atomic E-state index is 0.0840. The molecule has 0 amide bonds. The zero-order valence-electron chi connectivity index (χ0n) is 14.9. The van der Waals surface area contributed by atoms with Gasteiger partial charge in [-0.3, -0.25) is 5.41 Å². The second-order valence-electron chi connectivity index (χ2n) is 5.88. The molecule has 2 aromatic rings. The molecule has 3 N–H and O–H groups in total. The van der Waals surface area contributed by atoms with E-state index in [1.165, 1.54) is 13.4 Å². The molecule has 140 valence electrons. The minimum atomic E-state index is -0.755. The van der Waals surface area contributed by atoms with Gasteiger partial charge in [0.1, 0.15) is 29.4 Å². The summed E-state index contributed by atoms with van der Waals surface area (Å²) in [5.41, 5.74) is 1.40. The number of fused-ring (bicyclic) bond motifs is 1. The summed E-state index contributed by atoms with van der Waals surface area (Å²) in [7, 11) is 1.33. The Bertz CT molecular complexity index is 965. The Morgan fingerprint density at radius 2 is 1.89 bits per heavy atom. The molecule has 7 nitrogen and oxygen atoms in total. The molecule has 1 aromatic heterocycles. The smallest absolute Gasteiger partial charge is 0.222 e. The van der Waals surface area contributed by atoms with Crippen LogP contribution in [0.1, 0.15) is 25.1 Å². The predicted octanol–water partition coefficient (Wildman–Crippen LogP) is 3.56. The number of aromatic nitrogens is 2. The third-order valence-electron chi connectivity index (χ3n) is 4.19. The Morgan fingerprint density at radius 1 is 1.22 bits per heavy atom. The molecule has 0 spiro atoms. The molecular weight excluding hydrogens is 356 g/mol. The molecule has 0 radical (unpaired) electrons. The van der Waals surface area contributed by atoms with Gasteiger partial charge in [0.2, 0.25) is 5.90 Å². The molecule has 1 aliphatic heterocycles. The molecule has 0 unspecified atom stereocenters. The fourth-order valence-corrected chi connectivity index (χ4v) is 2.61. The highest BCUT2D eigenvalue weighted by Gasteiger charge is 2.31. The lowest BCUT2D eigenvalue weighted by molar-refractivity contribution is 0.405. The quantitative estimate of drug-likeness (QED) is 0.695. The average molecular weight is 373 g/mol. The van der Waals surface area contributed by atoms with E-state index in [9.17, 15) is 8.78 Å². The molecule has 3 rings (SSSR count). The van der Waals surface area contributed by atoms with Crippen molar-refractivity contribution in [2.45, 2.75) is 20.4 Å². The summed E-state index contributed by atoms with van der Waals surface area (Å²) >= 11 is 0. The Hall–Kier alpha value is -3.36. The summed E-state index contributed by atoms with van der Waals surface area (Å²) in [4.78, 5) is 8.17. The topological polar surface area (TPSA) is 104 Å². The van der Waals surface area contributed by atoms with Crippen molar-refractivity contribution in [2.24, 2.45) is 0 Å². The standard InChI is InChI=1S/C18H17F2N5O2/c1-8(9(2)21)14-15-16(27-17(14)22)18(25-7-24-15)23-6-11-12(19)4-10(26-3)5-13(11)20/h4-5,7,21-22H,6H2,1-3H3,(H,23,24,25)/b14-8-,21-9?,22-17?. The van der Waals surface area contributed by atoms with Crippen molar-refractivity contribution >= 4 is 23.0 Å². The van der Waals surface area contributed by atoms with Crippen LogP contribution in [0.25, 0.3) is 5.57 Å². The van der Waals surface area contributed by atoms with Gasteiger partial charge in [0.05, 0.1) is 12.7 Å². The molecule has 2 heterocycles. The summed E-state index contributed by atoms with van der Waals surface area (Å²) in [6.45, 7) is 3.11. The lowest BCUT2D eigenvalue weighted by Crippen LogP contribution is -2.08. The summed E-state index contributed by atoms with van der Waals surface area (Å²) in [5.74, 6) is -1.19. The number of nitrogens with zero attached hydrogens (tertiary/aromatic N) is 2. The van der Waals surface area contributed by atoms with Crippen molar-refractivity contribution in [3.05, 3.63) is 46.9 Å². The highest BCUT2D eigenvalue weighted by molar-refractivity contribution is 6.28. The van der Waals surface area contributed by atoms with E-state index in [2.05, 4.69) is 15.3 Å². The monoisotopic (exact) mass is 373 g/mol. The predicted molar refractivity (Wildman–Crippen MR) is 96.6 cm³/mol. The van der Waals surface area contributed by atoms with Crippen LogP contribution in [0.3, 0.4) is 0 Å². The lowest BCUT2D eigenvalue weighted by Gasteiger charge is -2.11. The van der Waals surface area contributed by atoms with Crippen LogP contribution in [0.15, 0.2) is 24.0 Å². The number of ether oxygens (including phenoxy) is 2. The van der Waals surface area contributed by atoms with Gasteiger partial charge in [-0.2, -0.15) is 0 Å². The first-order chi connectivity index (χ1) is 12.8. The minimum Gasteiger partial charge on any atom is -0.497 e. The molecule has 0 aliphatic carbocycles.